The fourth-order valence-corrected chi connectivity index (χ4v) is 2.74. The van der Waals surface area contributed by atoms with Gasteiger partial charge in [0.15, 0.2) is 0 Å². The van der Waals surface area contributed by atoms with Crippen LogP contribution >= 0.6 is 24.2 Å². The van der Waals surface area contributed by atoms with Crippen LogP contribution in [0.3, 0.4) is 0 Å². The molecule has 0 N–H and O–H groups in total. The van der Waals surface area contributed by atoms with Gasteiger partial charge < -0.3 is 9.64 Å². The first-order valence-electron chi connectivity index (χ1n) is 6.51. The summed E-state index contributed by atoms with van der Waals surface area (Å²) in [7, 11) is 0. The highest BCUT2D eigenvalue weighted by Gasteiger charge is 2.25. The van der Waals surface area contributed by atoms with Gasteiger partial charge in [-0.15, -0.1) is 12.6 Å². The van der Waals surface area contributed by atoms with Gasteiger partial charge in [0.2, 0.25) is 0 Å². The molecule has 1 aromatic carbocycles. The second-order valence-corrected chi connectivity index (χ2v) is 5.56. The highest BCUT2D eigenvalue weighted by molar-refractivity contribution is 7.80. The van der Waals surface area contributed by atoms with Crippen molar-refractivity contribution in [3.8, 4) is 0 Å². The van der Waals surface area contributed by atoms with Gasteiger partial charge in [-0.1, -0.05) is 11.6 Å². The Hall–Kier alpha value is -0.710. The molecule has 3 nitrogen and oxygen atoms in total. The maximum absolute atomic E-state index is 12.5. The lowest BCUT2D eigenvalue weighted by molar-refractivity contribution is 0.00724. The van der Waals surface area contributed by atoms with Crippen molar-refractivity contribution in [1.29, 1.82) is 0 Å². The van der Waals surface area contributed by atoms with E-state index < -0.39 is 0 Å². The van der Waals surface area contributed by atoms with E-state index in [1.54, 1.807) is 18.2 Å². The number of ether oxygens (including phenoxy) is 1. The number of piperidine rings is 1. The molecule has 1 aromatic rings. The molecule has 0 radical (unpaired) electrons. The van der Waals surface area contributed by atoms with E-state index >= 15 is 0 Å². The van der Waals surface area contributed by atoms with E-state index in [9.17, 15) is 4.79 Å². The number of halogens is 1. The summed E-state index contributed by atoms with van der Waals surface area (Å²) in [6.07, 6.45) is 2.12. The quantitative estimate of drug-likeness (QED) is 0.868. The molecule has 0 bridgehead atoms. The summed E-state index contributed by atoms with van der Waals surface area (Å²) in [5.74, 6) is -0.0368. The van der Waals surface area contributed by atoms with Crippen LogP contribution in [-0.2, 0) is 4.74 Å². The fraction of sp³-hybridized carbons (Fsp3) is 0.500. The lowest BCUT2D eigenvalue weighted by Crippen LogP contribution is -2.43. The average Bonchev–Trinajstić information content (AvgIpc) is 2.41. The van der Waals surface area contributed by atoms with Crippen LogP contribution in [0.15, 0.2) is 23.1 Å². The van der Waals surface area contributed by atoms with Crippen LogP contribution in [0.2, 0.25) is 5.02 Å². The monoisotopic (exact) mass is 299 g/mol. The maximum atomic E-state index is 12.5. The summed E-state index contributed by atoms with van der Waals surface area (Å²) < 4.78 is 5.61. The Kier molecular flexibility index (Phi) is 5.13. The van der Waals surface area contributed by atoms with Gasteiger partial charge in [-0.25, -0.2) is 0 Å². The summed E-state index contributed by atoms with van der Waals surface area (Å²) in [5.41, 5.74) is 0.520. The SMILES string of the molecule is CCOC1CCCN(C(=O)c2cc(S)ccc2Cl)C1. The highest BCUT2D eigenvalue weighted by Crippen LogP contribution is 2.23. The van der Waals surface area contributed by atoms with Gasteiger partial charge in [0.1, 0.15) is 0 Å². The van der Waals surface area contributed by atoms with Crippen LogP contribution in [0.25, 0.3) is 0 Å². The van der Waals surface area contributed by atoms with Gasteiger partial charge in [-0.3, -0.25) is 4.79 Å². The molecule has 5 heteroatoms. The zero-order valence-electron chi connectivity index (χ0n) is 10.9. The largest absolute Gasteiger partial charge is 0.377 e. The first kappa shape index (κ1) is 14.7. The number of thiol groups is 1. The Morgan fingerprint density at radius 3 is 3.11 bits per heavy atom. The van der Waals surface area contributed by atoms with Crippen LogP contribution in [0.5, 0.6) is 0 Å². The maximum Gasteiger partial charge on any atom is 0.255 e. The fourth-order valence-electron chi connectivity index (χ4n) is 2.34. The minimum atomic E-state index is -0.0368. The van der Waals surface area contributed by atoms with Gasteiger partial charge >= 0.3 is 0 Å². The molecule has 0 saturated carbocycles. The lowest BCUT2D eigenvalue weighted by Gasteiger charge is -2.32. The topological polar surface area (TPSA) is 29.5 Å². The Morgan fingerprint density at radius 2 is 2.37 bits per heavy atom. The molecule has 0 spiro atoms. The smallest absolute Gasteiger partial charge is 0.255 e. The summed E-state index contributed by atoms with van der Waals surface area (Å²) in [4.78, 5) is 15.0. The standard InChI is InChI=1S/C14H18ClNO2S/c1-2-18-10-4-3-7-16(9-10)14(17)12-8-11(19)5-6-13(12)15/h5-6,8,10,19H,2-4,7,9H2,1H3. The summed E-state index contributed by atoms with van der Waals surface area (Å²) >= 11 is 10.4. The van der Waals surface area contributed by atoms with Crippen LogP contribution < -0.4 is 0 Å². The third-order valence-electron chi connectivity index (χ3n) is 3.25. The number of nitrogens with zero attached hydrogens (tertiary/aromatic N) is 1. The number of carbonyl (C=O) groups is 1. The number of benzene rings is 1. The molecule has 0 aliphatic carbocycles. The van der Waals surface area contributed by atoms with Crippen LogP contribution in [0, 0.1) is 0 Å². The Bertz CT molecular complexity index is 465. The highest BCUT2D eigenvalue weighted by atomic mass is 35.5. The predicted octanol–water partition coefficient (Wildman–Crippen LogP) is 3.27. The molecule has 1 amide bonds. The molecule has 104 valence electrons. The molecule has 1 unspecified atom stereocenters. The number of carbonyl (C=O) groups excluding carboxylic acids is 1. The van der Waals surface area contributed by atoms with E-state index in [0.29, 0.717) is 23.7 Å². The van der Waals surface area contributed by atoms with Crippen molar-refractivity contribution in [2.75, 3.05) is 19.7 Å². The van der Waals surface area contributed by atoms with E-state index in [0.717, 1.165) is 24.3 Å². The Labute approximate surface area is 124 Å². The van der Waals surface area contributed by atoms with Crippen molar-refractivity contribution in [2.45, 2.75) is 30.8 Å². The third-order valence-corrected chi connectivity index (χ3v) is 3.86. The summed E-state index contributed by atoms with van der Waals surface area (Å²) in [5, 5.41) is 0.473. The van der Waals surface area contributed by atoms with Crippen molar-refractivity contribution >= 4 is 30.1 Å². The molecule has 1 aliphatic heterocycles. The third kappa shape index (κ3) is 3.65. The normalized spacial score (nSPS) is 19.5. The number of hydrogen-bond donors (Lipinski definition) is 1. The molecule has 1 heterocycles. The van der Waals surface area contributed by atoms with E-state index in [1.807, 2.05) is 11.8 Å². The molecule has 1 saturated heterocycles. The second kappa shape index (κ2) is 6.64. The minimum absolute atomic E-state index is 0.0368. The lowest BCUT2D eigenvalue weighted by atomic mass is 10.1. The Morgan fingerprint density at radius 1 is 1.58 bits per heavy atom. The van der Waals surface area contributed by atoms with Crippen molar-refractivity contribution in [2.24, 2.45) is 0 Å². The number of hydrogen-bond acceptors (Lipinski definition) is 3. The molecular weight excluding hydrogens is 282 g/mol. The molecule has 0 aromatic heterocycles. The van der Waals surface area contributed by atoms with E-state index in [2.05, 4.69) is 12.6 Å². The van der Waals surface area contributed by atoms with Gasteiger partial charge in [-0.05, 0) is 38.0 Å². The van der Waals surface area contributed by atoms with E-state index in [1.165, 1.54) is 0 Å². The molecule has 1 atom stereocenters. The van der Waals surface area contributed by atoms with Crippen LogP contribution in [0.1, 0.15) is 30.1 Å². The van der Waals surface area contributed by atoms with E-state index in [4.69, 9.17) is 16.3 Å². The number of likely N-dealkylation sites (tertiary alicyclic amines) is 1. The van der Waals surface area contributed by atoms with Crippen molar-refractivity contribution < 1.29 is 9.53 Å². The first-order chi connectivity index (χ1) is 9.11. The predicted molar refractivity (Wildman–Crippen MR) is 79.3 cm³/mol. The van der Waals surface area contributed by atoms with Gasteiger partial charge in [0, 0.05) is 24.6 Å². The number of amides is 1. The molecule has 19 heavy (non-hydrogen) atoms. The minimum Gasteiger partial charge on any atom is -0.377 e. The van der Waals surface area contributed by atoms with Crippen molar-refractivity contribution in [1.82, 2.24) is 4.90 Å². The van der Waals surface area contributed by atoms with Crippen LogP contribution in [0.4, 0.5) is 0 Å². The average molecular weight is 300 g/mol. The Balaban J connectivity index is 2.12. The number of rotatable bonds is 3. The van der Waals surface area contributed by atoms with Gasteiger partial charge in [0.25, 0.3) is 5.91 Å². The van der Waals surface area contributed by atoms with Gasteiger partial charge in [-0.2, -0.15) is 0 Å². The van der Waals surface area contributed by atoms with Crippen molar-refractivity contribution in [3.63, 3.8) is 0 Å². The molecule has 1 aliphatic rings. The molecule has 1 fully saturated rings. The second-order valence-electron chi connectivity index (χ2n) is 4.63. The first-order valence-corrected chi connectivity index (χ1v) is 7.33. The zero-order valence-corrected chi connectivity index (χ0v) is 12.6. The van der Waals surface area contributed by atoms with Crippen molar-refractivity contribution in [3.05, 3.63) is 28.8 Å². The summed E-state index contributed by atoms with van der Waals surface area (Å²) in [6.45, 7) is 4.05. The van der Waals surface area contributed by atoms with Crippen LogP contribution in [-0.4, -0.2) is 36.6 Å². The van der Waals surface area contributed by atoms with Gasteiger partial charge in [0.05, 0.1) is 16.7 Å². The van der Waals surface area contributed by atoms with E-state index in [-0.39, 0.29) is 12.0 Å². The zero-order chi connectivity index (χ0) is 13.8. The molecular formula is C14H18ClNO2S. The summed E-state index contributed by atoms with van der Waals surface area (Å²) in [6, 6.07) is 5.21. The molecule has 2 rings (SSSR count).